The molecule has 0 fully saturated rings. The second-order valence-corrected chi connectivity index (χ2v) is 6.51. The minimum absolute atomic E-state index is 0.150. The van der Waals surface area contributed by atoms with Gasteiger partial charge in [-0.3, -0.25) is 9.59 Å². The van der Waals surface area contributed by atoms with Crippen molar-refractivity contribution in [2.75, 3.05) is 23.9 Å². The molecule has 0 spiro atoms. The summed E-state index contributed by atoms with van der Waals surface area (Å²) in [5.41, 5.74) is 3.55. The van der Waals surface area contributed by atoms with Gasteiger partial charge in [0.15, 0.2) is 0 Å². The normalized spacial score (nSPS) is 10.3. The number of ether oxygens (including phenoxy) is 1. The number of aryl methyl sites for hydroxylation is 2. The number of benzene rings is 2. The van der Waals surface area contributed by atoms with Gasteiger partial charge in [0.1, 0.15) is 5.75 Å². The highest BCUT2D eigenvalue weighted by molar-refractivity contribution is 6.32. The van der Waals surface area contributed by atoms with Crippen molar-refractivity contribution in [3.8, 4) is 5.75 Å². The molecule has 0 heterocycles. The number of rotatable bonds is 6. The molecule has 2 amide bonds. The minimum atomic E-state index is -0.162. The van der Waals surface area contributed by atoms with Crippen LogP contribution in [-0.2, 0) is 9.59 Å². The number of hydrogen-bond acceptors (Lipinski definition) is 3. The highest BCUT2D eigenvalue weighted by Gasteiger charge is 2.15. The topological polar surface area (TPSA) is 58.6 Å². The average molecular weight is 375 g/mol. The van der Waals surface area contributed by atoms with Gasteiger partial charge in [-0.15, -0.1) is 0 Å². The number of nitrogens with one attached hydrogen (secondary N) is 1. The number of methoxy groups -OCH3 is 1. The lowest BCUT2D eigenvalue weighted by Crippen LogP contribution is -2.32. The van der Waals surface area contributed by atoms with E-state index in [4.69, 9.17) is 16.3 Å². The number of nitrogens with zero attached hydrogens (tertiary/aromatic N) is 1. The van der Waals surface area contributed by atoms with Gasteiger partial charge in [0.2, 0.25) is 11.8 Å². The second kappa shape index (κ2) is 8.72. The summed E-state index contributed by atoms with van der Waals surface area (Å²) in [6, 6.07) is 10.9. The zero-order chi connectivity index (χ0) is 19.3. The van der Waals surface area contributed by atoms with Crippen LogP contribution in [0.4, 0.5) is 11.4 Å². The quantitative estimate of drug-likeness (QED) is 0.817. The molecule has 5 nitrogen and oxygen atoms in total. The molecule has 2 aromatic rings. The smallest absolute Gasteiger partial charge is 0.226 e. The Balaban J connectivity index is 2.05. The second-order valence-electron chi connectivity index (χ2n) is 6.11. The molecule has 0 aliphatic rings. The molecule has 0 unspecified atom stereocenters. The Morgan fingerprint density at radius 3 is 2.46 bits per heavy atom. The number of anilines is 2. The van der Waals surface area contributed by atoms with Crippen molar-refractivity contribution in [1.82, 2.24) is 0 Å². The lowest BCUT2D eigenvalue weighted by atomic mass is 10.1. The lowest BCUT2D eigenvalue weighted by Gasteiger charge is -2.22. The van der Waals surface area contributed by atoms with E-state index in [9.17, 15) is 9.59 Å². The fourth-order valence-corrected chi connectivity index (χ4v) is 2.92. The molecule has 0 bridgehead atoms. The fraction of sp³-hybridized carbons (Fsp3) is 0.300. The van der Waals surface area contributed by atoms with Crippen molar-refractivity contribution in [1.29, 1.82) is 0 Å². The van der Waals surface area contributed by atoms with E-state index in [-0.39, 0.29) is 24.8 Å². The van der Waals surface area contributed by atoms with Gasteiger partial charge in [-0.25, -0.2) is 0 Å². The van der Waals surface area contributed by atoms with E-state index in [2.05, 4.69) is 5.32 Å². The first-order valence-electron chi connectivity index (χ1n) is 8.30. The summed E-state index contributed by atoms with van der Waals surface area (Å²) in [7, 11) is 1.53. The molecule has 2 aromatic carbocycles. The summed E-state index contributed by atoms with van der Waals surface area (Å²) in [6.07, 6.45) is 0.177. The van der Waals surface area contributed by atoms with Gasteiger partial charge < -0.3 is 15.0 Å². The van der Waals surface area contributed by atoms with E-state index in [1.807, 2.05) is 32.0 Å². The Labute approximate surface area is 158 Å². The molecule has 0 aromatic heterocycles. The van der Waals surface area contributed by atoms with Gasteiger partial charge in [-0.1, -0.05) is 29.3 Å². The van der Waals surface area contributed by atoms with Crippen LogP contribution >= 0.6 is 11.6 Å². The first-order valence-corrected chi connectivity index (χ1v) is 8.68. The summed E-state index contributed by atoms with van der Waals surface area (Å²) < 4.78 is 5.12. The van der Waals surface area contributed by atoms with E-state index < -0.39 is 0 Å². The van der Waals surface area contributed by atoms with Crippen LogP contribution in [-0.4, -0.2) is 25.5 Å². The van der Waals surface area contributed by atoms with Crippen molar-refractivity contribution >= 4 is 34.8 Å². The standard InChI is InChI=1S/C20H23ClN2O3/c1-13-5-7-18(14(2)11-13)22-20(25)9-10-23(15(3)24)16-6-8-19(26-4)17(21)12-16/h5-8,11-12H,9-10H2,1-4H3,(H,22,25). The van der Waals surface area contributed by atoms with Crippen LogP contribution < -0.4 is 15.0 Å². The lowest BCUT2D eigenvalue weighted by molar-refractivity contribution is -0.117. The van der Waals surface area contributed by atoms with Crippen LogP contribution in [0.2, 0.25) is 5.02 Å². The fourth-order valence-electron chi connectivity index (χ4n) is 2.67. The number of carbonyl (C=O) groups excluding carboxylic acids is 2. The van der Waals surface area contributed by atoms with Crippen molar-refractivity contribution < 1.29 is 14.3 Å². The summed E-state index contributed by atoms with van der Waals surface area (Å²) >= 11 is 6.14. The highest BCUT2D eigenvalue weighted by atomic mass is 35.5. The molecule has 0 aliphatic heterocycles. The molecule has 0 radical (unpaired) electrons. The van der Waals surface area contributed by atoms with Crippen molar-refractivity contribution in [3.63, 3.8) is 0 Å². The Morgan fingerprint density at radius 2 is 1.88 bits per heavy atom. The number of amides is 2. The number of carbonyl (C=O) groups is 2. The Bertz CT molecular complexity index is 821. The Morgan fingerprint density at radius 1 is 1.15 bits per heavy atom. The van der Waals surface area contributed by atoms with Gasteiger partial charge in [0, 0.05) is 31.3 Å². The van der Waals surface area contributed by atoms with Crippen molar-refractivity contribution in [3.05, 3.63) is 52.5 Å². The van der Waals surface area contributed by atoms with Crippen LogP contribution in [0.5, 0.6) is 5.75 Å². The number of hydrogen-bond donors (Lipinski definition) is 1. The SMILES string of the molecule is COc1ccc(N(CCC(=O)Nc2ccc(C)cc2C)C(C)=O)cc1Cl. The van der Waals surface area contributed by atoms with Crippen LogP contribution in [0, 0.1) is 13.8 Å². The predicted octanol–water partition coefficient (Wildman–Crippen LogP) is 4.35. The molecular weight excluding hydrogens is 352 g/mol. The number of halogens is 1. The van der Waals surface area contributed by atoms with E-state index in [1.165, 1.54) is 18.9 Å². The third-order valence-electron chi connectivity index (χ3n) is 4.05. The maximum atomic E-state index is 12.3. The third kappa shape index (κ3) is 4.99. The van der Waals surface area contributed by atoms with Crippen molar-refractivity contribution in [2.24, 2.45) is 0 Å². The summed E-state index contributed by atoms with van der Waals surface area (Å²) in [6.45, 7) is 5.67. The van der Waals surface area contributed by atoms with Crippen molar-refractivity contribution in [2.45, 2.75) is 27.2 Å². The van der Waals surface area contributed by atoms with Gasteiger partial charge in [0.05, 0.1) is 12.1 Å². The zero-order valence-corrected chi connectivity index (χ0v) is 16.2. The van der Waals surface area contributed by atoms with Crippen LogP contribution in [0.25, 0.3) is 0 Å². The highest BCUT2D eigenvalue weighted by Crippen LogP contribution is 2.29. The first kappa shape index (κ1) is 19.8. The van der Waals surface area contributed by atoms with Crippen LogP contribution in [0.1, 0.15) is 24.5 Å². The molecule has 26 heavy (non-hydrogen) atoms. The summed E-state index contributed by atoms with van der Waals surface area (Å²) in [4.78, 5) is 25.8. The molecule has 0 saturated carbocycles. The maximum absolute atomic E-state index is 12.3. The maximum Gasteiger partial charge on any atom is 0.226 e. The van der Waals surface area contributed by atoms with Gasteiger partial charge in [-0.05, 0) is 43.7 Å². The monoisotopic (exact) mass is 374 g/mol. The van der Waals surface area contributed by atoms with E-state index in [1.54, 1.807) is 18.2 Å². The van der Waals surface area contributed by atoms with Gasteiger partial charge in [-0.2, -0.15) is 0 Å². The van der Waals surface area contributed by atoms with Gasteiger partial charge >= 0.3 is 0 Å². The average Bonchev–Trinajstić information content (AvgIpc) is 2.57. The molecule has 1 N–H and O–H groups in total. The molecule has 0 atom stereocenters. The molecular formula is C20H23ClN2O3. The molecule has 6 heteroatoms. The molecule has 0 saturated heterocycles. The zero-order valence-electron chi connectivity index (χ0n) is 15.4. The third-order valence-corrected chi connectivity index (χ3v) is 4.34. The largest absolute Gasteiger partial charge is 0.495 e. The van der Waals surface area contributed by atoms with Gasteiger partial charge in [0.25, 0.3) is 0 Å². The van der Waals surface area contributed by atoms with Crippen LogP contribution in [0.15, 0.2) is 36.4 Å². The molecule has 0 aliphatic carbocycles. The predicted molar refractivity (Wildman–Crippen MR) is 105 cm³/mol. The van der Waals surface area contributed by atoms with E-state index in [0.717, 1.165) is 16.8 Å². The van der Waals surface area contributed by atoms with Crippen LogP contribution in [0.3, 0.4) is 0 Å². The Hall–Kier alpha value is -2.53. The first-order chi connectivity index (χ1) is 12.3. The molecule has 2 rings (SSSR count). The van der Waals surface area contributed by atoms with E-state index >= 15 is 0 Å². The Kier molecular flexibility index (Phi) is 6.64. The summed E-state index contributed by atoms with van der Waals surface area (Å²) in [5.74, 6) is 0.222. The van der Waals surface area contributed by atoms with E-state index in [0.29, 0.717) is 16.5 Å². The minimum Gasteiger partial charge on any atom is -0.495 e. The summed E-state index contributed by atoms with van der Waals surface area (Å²) in [5, 5.41) is 3.30. The molecule has 138 valence electrons.